The van der Waals surface area contributed by atoms with Crippen LogP contribution in [0.3, 0.4) is 0 Å². The summed E-state index contributed by atoms with van der Waals surface area (Å²) in [5.74, 6) is 1.09. The third kappa shape index (κ3) is 2.84. The Hall–Kier alpha value is -1.95. The average molecular weight is 253 g/mol. The molecule has 0 fully saturated rings. The van der Waals surface area contributed by atoms with E-state index in [0.29, 0.717) is 30.3 Å². The molecule has 0 atom stereocenters. The summed E-state index contributed by atoms with van der Waals surface area (Å²) >= 11 is 0. The molecule has 0 saturated heterocycles. The molecule has 1 heterocycles. The topological polar surface area (TPSA) is 77.0 Å². The standard InChI is InChI=1S/C12H15NO5/c1-16-9-4-8(6-13-3-2-11(14)15)5-10-12(9)18-7-17-10/h4-5,13H,2-3,6-7H2,1H3,(H,14,15). The summed E-state index contributed by atoms with van der Waals surface area (Å²) in [4.78, 5) is 10.4. The van der Waals surface area contributed by atoms with Gasteiger partial charge in [-0.3, -0.25) is 4.79 Å². The smallest absolute Gasteiger partial charge is 0.304 e. The van der Waals surface area contributed by atoms with Crippen LogP contribution in [0.5, 0.6) is 17.2 Å². The molecular formula is C12H15NO5. The first-order valence-electron chi connectivity index (χ1n) is 5.59. The summed E-state index contributed by atoms with van der Waals surface area (Å²) in [6.07, 6.45) is 0.0989. The maximum Gasteiger partial charge on any atom is 0.304 e. The Morgan fingerprint density at radius 3 is 3.06 bits per heavy atom. The largest absolute Gasteiger partial charge is 0.493 e. The van der Waals surface area contributed by atoms with E-state index >= 15 is 0 Å². The van der Waals surface area contributed by atoms with E-state index in [-0.39, 0.29) is 13.2 Å². The zero-order valence-electron chi connectivity index (χ0n) is 10.1. The number of carboxylic acid groups (broad SMARTS) is 1. The van der Waals surface area contributed by atoms with Crippen molar-refractivity contribution in [2.45, 2.75) is 13.0 Å². The highest BCUT2D eigenvalue weighted by Crippen LogP contribution is 2.41. The zero-order valence-corrected chi connectivity index (χ0v) is 10.1. The van der Waals surface area contributed by atoms with Gasteiger partial charge in [-0.2, -0.15) is 0 Å². The first-order valence-corrected chi connectivity index (χ1v) is 5.59. The highest BCUT2D eigenvalue weighted by molar-refractivity contribution is 5.66. The number of nitrogens with one attached hydrogen (secondary N) is 1. The fourth-order valence-corrected chi connectivity index (χ4v) is 1.71. The number of fused-ring (bicyclic) bond motifs is 1. The number of benzene rings is 1. The van der Waals surface area contributed by atoms with Crippen LogP contribution in [0.2, 0.25) is 0 Å². The van der Waals surface area contributed by atoms with Gasteiger partial charge in [-0.05, 0) is 17.7 Å². The molecule has 0 aliphatic carbocycles. The molecule has 0 aromatic heterocycles. The molecule has 6 heteroatoms. The Kier molecular flexibility index (Phi) is 3.88. The second-order valence-electron chi connectivity index (χ2n) is 3.85. The summed E-state index contributed by atoms with van der Waals surface area (Å²) in [5.41, 5.74) is 0.960. The summed E-state index contributed by atoms with van der Waals surface area (Å²) in [6, 6.07) is 3.71. The Morgan fingerprint density at radius 2 is 2.33 bits per heavy atom. The highest BCUT2D eigenvalue weighted by atomic mass is 16.7. The van der Waals surface area contributed by atoms with Crippen LogP contribution in [0.4, 0.5) is 0 Å². The van der Waals surface area contributed by atoms with Crippen molar-refractivity contribution < 1.29 is 24.1 Å². The Bertz CT molecular complexity index is 446. The van der Waals surface area contributed by atoms with Gasteiger partial charge in [-0.25, -0.2) is 0 Å². The van der Waals surface area contributed by atoms with Gasteiger partial charge in [0.05, 0.1) is 13.5 Å². The van der Waals surface area contributed by atoms with Gasteiger partial charge in [0, 0.05) is 13.1 Å². The van der Waals surface area contributed by atoms with Crippen LogP contribution in [-0.2, 0) is 11.3 Å². The van der Waals surface area contributed by atoms with Crippen molar-refractivity contribution in [3.05, 3.63) is 17.7 Å². The molecule has 1 aliphatic heterocycles. The minimum atomic E-state index is -0.814. The fraction of sp³-hybridized carbons (Fsp3) is 0.417. The van der Waals surface area contributed by atoms with E-state index in [1.807, 2.05) is 12.1 Å². The number of ether oxygens (including phenoxy) is 3. The molecule has 0 spiro atoms. The van der Waals surface area contributed by atoms with Crippen molar-refractivity contribution in [1.82, 2.24) is 5.32 Å². The lowest BCUT2D eigenvalue weighted by atomic mass is 10.2. The number of carboxylic acids is 1. The second kappa shape index (κ2) is 5.59. The predicted molar refractivity (Wildman–Crippen MR) is 63.1 cm³/mol. The Balaban J connectivity index is 1.99. The van der Waals surface area contributed by atoms with Crippen molar-refractivity contribution in [3.8, 4) is 17.2 Å². The van der Waals surface area contributed by atoms with E-state index in [2.05, 4.69) is 5.32 Å². The van der Waals surface area contributed by atoms with Crippen molar-refractivity contribution in [2.75, 3.05) is 20.4 Å². The number of methoxy groups -OCH3 is 1. The van der Waals surface area contributed by atoms with Crippen molar-refractivity contribution in [1.29, 1.82) is 0 Å². The van der Waals surface area contributed by atoms with Crippen LogP contribution >= 0.6 is 0 Å². The normalized spacial score (nSPS) is 12.5. The number of hydrogen-bond donors (Lipinski definition) is 2. The lowest BCUT2D eigenvalue weighted by Gasteiger charge is -2.08. The third-order valence-electron chi connectivity index (χ3n) is 2.56. The van der Waals surface area contributed by atoms with E-state index in [9.17, 15) is 4.79 Å². The van der Waals surface area contributed by atoms with Gasteiger partial charge in [0.1, 0.15) is 0 Å². The number of hydrogen-bond acceptors (Lipinski definition) is 5. The van der Waals surface area contributed by atoms with Crippen LogP contribution in [0.15, 0.2) is 12.1 Å². The van der Waals surface area contributed by atoms with Gasteiger partial charge >= 0.3 is 5.97 Å². The Labute approximate surface area is 104 Å². The van der Waals surface area contributed by atoms with E-state index in [1.165, 1.54) is 0 Å². The lowest BCUT2D eigenvalue weighted by Crippen LogP contribution is -2.17. The zero-order chi connectivity index (χ0) is 13.0. The van der Waals surface area contributed by atoms with E-state index < -0.39 is 5.97 Å². The third-order valence-corrected chi connectivity index (χ3v) is 2.56. The van der Waals surface area contributed by atoms with Crippen molar-refractivity contribution in [2.24, 2.45) is 0 Å². The molecule has 18 heavy (non-hydrogen) atoms. The molecule has 1 aromatic rings. The molecule has 0 amide bonds. The highest BCUT2D eigenvalue weighted by Gasteiger charge is 2.19. The molecule has 0 radical (unpaired) electrons. The monoisotopic (exact) mass is 253 g/mol. The molecule has 0 unspecified atom stereocenters. The molecule has 6 nitrogen and oxygen atoms in total. The van der Waals surface area contributed by atoms with E-state index in [4.69, 9.17) is 19.3 Å². The number of aliphatic carboxylic acids is 1. The minimum absolute atomic E-state index is 0.0989. The van der Waals surface area contributed by atoms with Gasteiger partial charge < -0.3 is 24.6 Å². The van der Waals surface area contributed by atoms with Gasteiger partial charge in [-0.1, -0.05) is 0 Å². The van der Waals surface area contributed by atoms with Crippen LogP contribution in [0.25, 0.3) is 0 Å². The quantitative estimate of drug-likeness (QED) is 0.736. The first-order chi connectivity index (χ1) is 8.70. The molecule has 0 saturated carbocycles. The SMILES string of the molecule is COc1cc(CNCCC(=O)O)cc2c1OCO2. The van der Waals surface area contributed by atoms with Crippen LogP contribution < -0.4 is 19.5 Å². The maximum atomic E-state index is 10.4. The molecule has 0 bridgehead atoms. The number of carbonyl (C=O) groups is 1. The summed E-state index contributed by atoms with van der Waals surface area (Å²) in [7, 11) is 1.57. The summed E-state index contributed by atoms with van der Waals surface area (Å²) in [6.45, 7) is 1.17. The van der Waals surface area contributed by atoms with Crippen LogP contribution in [0.1, 0.15) is 12.0 Å². The summed E-state index contributed by atoms with van der Waals surface area (Å²) in [5, 5.41) is 11.6. The fourth-order valence-electron chi connectivity index (χ4n) is 1.71. The van der Waals surface area contributed by atoms with Gasteiger partial charge in [0.25, 0.3) is 0 Å². The average Bonchev–Trinajstić information content (AvgIpc) is 2.81. The molecule has 98 valence electrons. The second-order valence-corrected chi connectivity index (χ2v) is 3.85. The van der Waals surface area contributed by atoms with Gasteiger partial charge in [0.2, 0.25) is 12.5 Å². The first kappa shape index (κ1) is 12.5. The van der Waals surface area contributed by atoms with E-state index in [0.717, 1.165) is 5.56 Å². The molecule has 1 aromatic carbocycles. The summed E-state index contributed by atoms with van der Waals surface area (Å²) < 4.78 is 15.8. The minimum Gasteiger partial charge on any atom is -0.493 e. The molecular weight excluding hydrogens is 238 g/mol. The maximum absolute atomic E-state index is 10.4. The molecule has 1 aliphatic rings. The van der Waals surface area contributed by atoms with Crippen molar-refractivity contribution >= 4 is 5.97 Å². The predicted octanol–water partition coefficient (Wildman–Crippen LogP) is 0.988. The Morgan fingerprint density at radius 1 is 1.50 bits per heavy atom. The number of rotatable bonds is 6. The van der Waals surface area contributed by atoms with Gasteiger partial charge in [-0.15, -0.1) is 0 Å². The van der Waals surface area contributed by atoms with E-state index in [1.54, 1.807) is 7.11 Å². The van der Waals surface area contributed by atoms with Crippen LogP contribution in [-0.4, -0.2) is 31.5 Å². The molecule has 2 N–H and O–H groups in total. The lowest BCUT2D eigenvalue weighted by molar-refractivity contribution is -0.136. The van der Waals surface area contributed by atoms with Gasteiger partial charge in [0.15, 0.2) is 11.5 Å². The van der Waals surface area contributed by atoms with Crippen molar-refractivity contribution in [3.63, 3.8) is 0 Å². The van der Waals surface area contributed by atoms with Crippen LogP contribution in [0, 0.1) is 0 Å². The molecule has 2 rings (SSSR count).